The Labute approximate surface area is 89.3 Å². The molecule has 1 aromatic rings. The molecule has 76 valence electrons. The lowest BCUT2D eigenvalue weighted by Gasteiger charge is -2.11. The van der Waals surface area contributed by atoms with Gasteiger partial charge in [-0.2, -0.15) is 0 Å². The zero-order valence-corrected chi connectivity index (χ0v) is 9.09. The highest BCUT2D eigenvalue weighted by Crippen LogP contribution is 2.32. The Hall–Kier alpha value is -0.770. The molecule has 0 N–H and O–H groups in total. The molecule has 0 heterocycles. The Morgan fingerprint density at radius 1 is 1.29 bits per heavy atom. The predicted molar refractivity (Wildman–Crippen MR) is 53.7 cm³/mol. The second-order valence-electron chi connectivity index (χ2n) is 2.90. The van der Waals surface area contributed by atoms with E-state index in [4.69, 9.17) is 0 Å². The van der Waals surface area contributed by atoms with Gasteiger partial charge in [-0.15, -0.1) is 0 Å². The molecule has 14 heavy (non-hydrogen) atoms. The number of carbonyl (C=O) groups is 1. The lowest BCUT2D eigenvalue weighted by atomic mass is 10.0. The SMILES string of the molecule is CC(=O)C(Br)c1ccccc1C(F)F. The van der Waals surface area contributed by atoms with E-state index < -0.39 is 11.3 Å². The van der Waals surface area contributed by atoms with Gasteiger partial charge in [-0.3, -0.25) is 4.79 Å². The fourth-order valence-corrected chi connectivity index (χ4v) is 1.58. The van der Waals surface area contributed by atoms with Gasteiger partial charge in [0.2, 0.25) is 0 Å². The molecule has 1 atom stereocenters. The topological polar surface area (TPSA) is 17.1 Å². The highest BCUT2D eigenvalue weighted by Gasteiger charge is 2.20. The summed E-state index contributed by atoms with van der Waals surface area (Å²) in [5, 5.41) is 0. The van der Waals surface area contributed by atoms with Crippen molar-refractivity contribution in [3.63, 3.8) is 0 Å². The van der Waals surface area contributed by atoms with E-state index in [1.54, 1.807) is 6.07 Å². The molecule has 1 unspecified atom stereocenters. The number of benzene rings is 1. The molecule has 1 aromatic carbocycles. The van der Waals surface area contributed by atoms with Gasteiger partial charge in [-0.1, -0.05) is 40.2 Å². The smallest absolute Gasteiger partial charge is 0.264 e. The third kappa shape index (κ3) is 2.38. The summed E-state index contributed by atoms with van der Waals surface area (Å²) in [5.41, 5.74) is 0.250. The lowest BCUT2D eigenvalue weighted by Crippen LogP contribution is -2.04. The number of rotatable bonds is 3. The van der Waals surface area contributed by atoms with Gasteiger partial charge in [0, 0.05) is 5.56 Å². The van der Waals surface area contributed by atoms with Crippen LogP contribution in [0.25, 0.3) is 0 Å². The fraction of sp³-hybridized carbons (Fsp3) is 0.300. The average Bonchev–Trinajstić information content (AvgIpc) is 2.16. The molecule has 0 fully saturated rings. The van der Waals surface area contributed by atoms with Crippen molar-refractivity contribution in [2.75, 3.05) is 0 Å². The molecular weight excluding hydrogens is 254 g/mol. The maximum absolute atomic E-state index is 12.5. The van der Waals surface area contributed by atoms with E-state index in [0.29, 0.717) is 5.56 Å². The minimum Gasteiger partial charge on any atom is -0.298 e. The van der Waals surface area contributed by atoms with Crippen LogP contribution in [-0.4, -0.2) is 5.78 Å². The molecule has 0 aliphatic heterocycles. The largest absolute Gasteiger partial charge is 0.298 e. The first kappa shape index (κ1) is 11.3. The zero-order chi connectivity index (χ0) is 10.7. The van der Waals surface area contributed by atoms with E-state index in [9.17, 15) is 13.6 Å². The maximum Gasteiger partial charge on any atom is 0.264 e. The number of ketones is 1. The third-order valence-corrected chi connectivity index (χ3v) is 3.00. The first-order chi connectivity index (χ1) is 6.54. The van der Waals surface area contributed by atoms with E-state index in [1.807, 2.05) is 0 Å². The predicted octanol–water partition coefficient (Wildman–Crippen LogP) is 3.65. The molecule has 1 nitrogen and oxygen atoms in total. The lowest BCUT2D eigenvalue weighted by molar-refractivity contribution is -0.116. The minimum absolute atomic E-state index is 0.0930. The summed E-state index contributed by atoms with van der Waals surface area (Å²) in [6.07, 6.45) is -2.55. The molecule has 0 aliphatic rings. The molecular formula is C10H9BrF2O. The number of hydrogen-bond acceptors (Lipinski definition) is 1. The molecule has 4 heteroatoms. The monoisotopic (exact) mass is 262 g/mol. The van der Waals surface area contributed by atoms with Crippen LogP contribution < -0.4 is 0 Å². The normalized spacial score (nSPS) is 12.9. The molecule has 0 saturated carbocycles. The molecule has 0 radical (unpaired) electrons. The zero-order valence-electron chi connectivity index (χ0n) is 7.51. The summed E-state index contributed by atoms with van der Waals surface area (Å²) < 4.78 is 25.0. The standard InChI is InChI=1S/C10H9BrF2O/c1-6(14)9(11)7-4-2-3-5-8(7)10(12)13/h2-5,9-10H,1H3. The van der Waals surface area contributed by atoms with Gasteiger partial charge < -0.3 is 0 Å². The maximum atomic E-state index is 12.5. The van der Waals surface area contributed by atoms with Crippen LogP contribution in [0.5, 0.6) is 0 Å². The Morgan fingerprint density at radius 3 is 2.21 bits per heavy atom. The van der Waals surface area contributed by atoms with Crippen molar-refractivity contribution in [3.8, 4) is 0 Å². The summed E-state index contributed by atoms with van der Waals surface area (Å²) in [7, 11) is 0. The number of halogens is 3. The van der Waals surface area contributed by atoms with Gasteiger partial charge in [-0.25, -0.2) is 8.78 Å². The highest BCUT2D eigenvalue weighted by atomic mass is 79.9. The van der Waals surface area contributed by atoms with Crippen molar-refractivity contribution in [1.82, 2.24) is 0 Å². The van der Waals surface area contributed by atoms with Crippen LogP contribution in [0.4, 0.5) is 8.78 Å². The number of carbonyl (C=O) groups excluding carboxylic acids is 1. The second-order valence-corrected chi connectivity index (χ2v) is 3.82. The van der Waals surface area contributed by atoms with Crippen molar-refractivity contribution in [2.24, 2.45) is 0 Å². The van der Waals surface area contributed by atoms with E-state index in [0.717, 1.165) is 0 Å². The number of Topliss-reactive ketones (excluding diaryl/α,β-unsaturated/α-hetero) is 1. The Morgan fingerprint density at radius 2 is 1.79 bits per heavy atom. The van der Waals surface area contributed by atoms with Crippen molar-refractivity contribution in [3.05, 3.63) is 35.4 Å². The van der Waals surface area contributed by atoms with Crippen LogP contribution in [0.1, 0.15) is 29.3 Å². The van der Waals surface area contributed by atoms with Crippen LogP contribution in [0.15, 0.2) is 24.3 Å². The van der Waals surface area contributed by atoms with Gasteiger partial charge in [-0.05, 0) is 12.5 Å². The molecule has 0 saturated heterocycles. The molecule has 0 amide bonds. The molecule has 1 rings (SSSR count). The summed E-state index contributed by atoms with van der Waals surface area (Å²) in [4.78, 5) is 10.4. The van der Waals surface area contributed by atoms with Crippen molar-refractivity contribution in [2.45, 2.75) is 18.2 Å². The van der Waals surface area contributed by atoms with Crippen molar-refractivity contribution < 1.29 is 13.6 Å². The van der Waals surface area contributed by atoms with Gasteiger partial charge in [0.15, 0.2) is 0 Å². The van der Waals surface area contributed by atoms with E-state index >= 15 is 0 Å². The van der Waals surface area contributed by atoms with Crippen LogP contribution in [0, 0.1) is 0 Å². The molecule has 0 aliphatic carbocycles. The quantitative estimate of drug-likeness (QED) is 0.761. The third-order valence-electron chi connectivity index (χ3n) is 1.86. The van der Waals surface area contributed by atoms with E-state index in [2.05, 4.69) is 15.9 Å². The van der Waals surface area contributed by atoms with Crippen molar-refractivity contribution in [1.29, 1.82) is 0 Å². The second kappa shape index (κ2) is 4.64. The first-order valence-electron chi connectivity index (χ1n) is 4.05. The Bertz CT molecular complexity index is 339. The van der Waals surface area contributed by atoms with Crippen LogP contribution in [-0.2, 0) is 4.79 Å². The summed E-state index contributed by atoms with van der Waals surface area (Å²) in [6.45, 7) is 1.36. The molecule has 0 bridgehead atoms. The fourth-order valence-electron chi connectivity index (χ4n) is 1.16. The highest BCUT2D eigenvalue weighted by molar-refractivity contribution is 9.09. The average molecular weight is 263 g/mol. The van der Waals surface area contributed by atoms with E-state index in [-0.39, 0.29) is 11.3 Å². The van der Waals surface area contributed by atoms with Crippen molar-refractivity contribution >= 4 is 21.7 Å². The molecule has 0 aromatic heterocycles. The first-order valence-corrected chi connectivity index (χ1v) is 4.97. The van der Waals surface area contributed by atoms with Gasteiger partial charge >= 0.3 is 0 Å². The van der Waals surface area contributed by atoms with Crippen LogP contribution in [0.2, 0.25) is 0 Å². The van der Waals surface area contributed by atoms with E-state index in [1.165, 1.54) is 25.1 Å². The van der Waals surface area contributed by atoms with Gasteiger partial charge in [0.25, 0.3) is 6.43 Å². The van der Waals surface area contributed by atoms with Gasteiger partial charge in [0.05, 0.1) is 4.83 Å². The number of alkyl halides is 3. The van der Waals surface area contributed by atoms with Crippen LogP contribution >= 0.6 is 15.9 Å². The minimum atomic E-state index is -2.55. The molecule has 0 spiro atoms. The summed E-state index contributed by atoms with van der Waals surface area (Å²) in [6, 6.07) is 6.03. The Balaban J connectivity index is 3.13. The van der Waals surface area contributed by atoms with Crippen LogP contribution in [0.3, 0.4) is 0 Å². The van der Waals surface area contributed by atoms with Gasteiger partial charge in [0.1, 0.15) is 5.78 Å². The summed E-state index contributed by atoms with van der Waals surface area (Å²) >= 11 is 3.09. The Kier molecular flexibility index (Phi) is 3.75. The summed E-state index contributed by atoms with van der Waals surface area (Å²) in [5.74, 6) is -0.182. The number of hydrogen-bond donors (Lipinski definition) is 0.